The molecule has 0 bridgehead atoms. The number of aromatic amines is 1. The highest BCUT2D eigenvalue weighted by atomic mass is 35.5. The molecular weight excluding hydrogens is 836 g/mol. The first-order valence-corrected chi connectivity index (χ1v) is 21.6. The maximum Gasteiger partial charge on any atom is 0.415 e. The zero-order valence-corrected chi connectivity index (χ0v) is 36.5. The van der Waals surface area contributed by atoms with Gasteiger partial charge in [0.25, 0.3) is 17.7 Å². The fourth-order valence-electron chi connectivity index (χ4n) is 7.74. The van der Waals surface area contributed by atoms with Gasteiger partial charge in [0.05, 0.1) is 58.4 Å². The van der Waals surface area contributed by atoms with Gasteiger partial charge in [-0.15, -0.1) is 11.6 Å². The molecule has 0 radical (unpaired) electrons. The molecule has 4 aromatic rings. The van der Waals surface area contributed by atoms with Crippen molar-refractivity contribution >= 4 is 68.9 Å². The van der Waals surface area contributed by atoms with Gasteiger partial charge < -0.3 is 53.0 Å². The number of carbonyl (C=O) groups is 5. The number of alkyl halides is 1. The highest BCUT2D eigenvalue weighted by Gasteiger charge is 2.37. The van der Waals surface area contributed by atoms with Gasteiger partial charge in [0.1, 0.15) is 30.4 Å². The molecule has 5 amide bonds. The first kappa shape index (κ1) is 45.3. The standard InChI is InChI=1S/C45H53ClN6O11/c1-30-5-4-6-34-38(63-45(57)50-13-11-48(2)12-14-50)27-37-42(41(30)34)32(28-46)29-52(37)43(55)36-26-31-25-33(7-8-35(31)47-36)61-18-15-49(3)44(56)62-24-23-60-22-21-59-20-19-58-17-16-51-39(53)9-10-40(51)54/h4-10,25-27,32,47H,11-24,28-29H2,1-3H3/t32-/m1/s1. The summed E-state index contributed by atoms with van der Waals surface area (Å²) in [5, 5.41) is 2.51. The SMILES string of the molecule is Cc1cccc2c(OC(=O)N3CCN(C)CC3)cc3c(c12)[C@H](CCl)CN3C(=O)c1cc2cc(OCCN(C)C(=O)OCCOCCOCCOCCN3C(=O)C=CC3=O)ccc2[nH]1. The number of benzene rings is 3. The van der Waals surface area contributed by atoms with Crippen molar-refractivity contribution in [3.05, 3.63) is 77.5 Å². The zero-order chi connectivity index (χ0) is 44.5. The van der Waals surface area contributed by atoms with E-state index in [1.807, 2.05) is 44.3 Å². The van der Waals surface area contributed by atoms with Crippen molar-refractivity contribution in [1.29, 1.82) is 0 Å². The van der Waals surface area contributed by atoms with E-state index in [-0.39, 0.29) is 63.2 Å². The fourth-order valence-corrected chi connectivity index (χ4v) is 7.99. The van der Waals surface area contributed by atoms with Crippen molar-refractivity contribution in [3.8, 4) is 11.5 Å². The van der Waals surface area contributed by atoms with Crippen molar-refractivity contribution in [2.45, 2.75) is 12.8 Å². The quantitative estimate of drug-likeness (QED) is 0.0778. The second-order valence-electron chi connectivity index (χ2n) is 15.5. The zero-order valence-electron chi connectivity index (χ0n) is 35.8. The smallest absolute Gasteiger partial charge is 0.415 e. The van der Waals surface area contributed by atoms with Crippen molar-refractivity contribution in [3.63, 3.8) is 0 Å². The molecule has 18 heteroatoms. The van der Waals surface area contributed by atoms with Gasteiger partial charge in [-0.05, 0) is 54.8 Å². The van der Waals surface area contributed by atoms with Crippen LogP contribution in [0, 0.1) is 6.92 Å². The van der Waals surface area contributed by atoms with Crippen molar-refractivity contribution in [2.75, 3.05) is 124 Å². The molecule has 1 fully saturated rings. The number of hydrogen-bond donors (Lipinski definition) is 1. The second-order valence-corrected chi connectivity index (χ2v) is 15.9. The topological polar surface area (TPSA) is 173 Å². The van der Waals surface area contributed by atoms with E-state index in [0.29, 0.717) is 74.8 Å². The number of likely N-dealkylation sites (N-methyl/N-ethyl adjacent to an activating group) is 2. The third-order valence-corrected chi connectivity index (χ3v) is 11.6. The molecule has 0 spiro atoms. The summed E-state index contributed by atoms with van der Waals surface area (Å²) in [7, 11) is 3.64. The van der Waals surface area contributed by atoms with Crippen molar-refractivity contribution < 1.29 is 52.4 Å². The Labute approximate surface area is 370 Å². The van der Waals surface area contributed by atoms with Gasteiger partial charge in [-0.1, -0.05) is 18.2 Å². The maximum absolute atomic E-state index is 14.3. The molecular formula is C45H53ClN6O11. The average molecular weight is 889 g/mol. The molecule has 336 valence electrons. The van der Waals surface area contributed by atoms with Gasteiger partial charge in [0, 0.05) is 86.1 Å². The minimum absolute atomic E-state index is 0.0679. The summed E-state index contributed by atoms with van der Waals surface area (Å²) in [4.78, 5) is 74.6. The van der Waals surface area contributed by atoms with Crippen LogP contribution in [0.3, 0.4) is 0 Å². The second kappa shape index (κ2) is 21.1. The number of rotatable bonds is 19. The van der Waals surface area contributed by atoms with E-state index in [1.54, 1.807) is 35.0 Å². The van der Waals surface area contributed by atoms with Crippen LogP contribution >= 0.6 is 11.6 Å². The highest BCUT2D eigenvalue weighted by Crippen LogP contribution is 2.47. The Bertz CT molecular complexity index is 2330. The summed E-state index contributed by atoms with van der Waals surface area (Å²) in [5.41, 5.74) is 3.76. The number of anilines is 1. The average Bonchev–Trinajstić information content (AvgIpc) is 3.97. The molecule has 0 saturated carbocycles. The lowest BCUT2D eigenvalue weighted by Gasteiger charge is -2.31. The summed E-state index contributed by atoms with van der Waals surface area (Å²) in [5.74, 6) is 0.229. The molecule has 3 aromatic carbocycles. The number of nitrogens with zero attached hydrogens (tertiary/aromatic N) is 5. The molecule has 63 heavy (non-hydrogen) atoms. The number of halogens is 1. The first-order chi connectivity index (χ1) is 30.5. The Balaban J connectivity index is 0.863. The van der Waals surface area contributed by atoms with Crippen molar-refractivity contribution in [1.82, 2.24) is 24.6 Å². The van der Waals surface area contributed by atoms with Gasteiger partial charge in [-0.25, -0.2) is 9.59 Å². The molecule has 1 saturated heterocycles. The van der Waals surface area contributed by atoms with Crippen molar-refractivity contribution in [2.24, 2.45) is 0 Å². The summed E-state index contributed by atoms with van der Waals surface area (Å²) in [6.07, 6.45) is 1.54. The Kier molecular flexibility index (Phi) is 15.2. The minimum atomic E-state index is -0.517. The third-order valence-electron chi connectivity index (χ3n) is 11.2. The van der Waals surface area contributed by atoms with E-state index < -0.39 is 12.2 Å². The number of ether oxygens (including phenoxy) is 6. The van der Waals surface area contributed by atoms with Gasteiger partial charge >= 0.3 is 12.2 Å². The molecule has 3 aliphatic heterocycles. The Hall–Kier alpha value is -5.72. The van der Waals surface area contributed by atoms with Crippen LogP contribution < -0.4 is 14.4 Å². The maximum atomic E-state index is 14.3. The lowest BCUT2D eigenvalue weighted by atomic mass is 9.92. The molecule has 0 aliphatic carbocycles. The molecule has 7 rings (SSSR count). The van der Waals surface area contributed by atoms with E-state index in [9.17, 15) is 24.0 Å². The highest BCUT2D eigenvalue weighted by molar-refractivity contribution is 6.19. The number of aryl methyl sites for hydroxylation is 1. The molecule has 0 unspecified atom stereocenters. The summed E-state index contributed by atoms with van der Waals surface area (Å²) < 4.78 is 33.6. The van der Waals surface area contributed by atoms with E-state index in [2.05, 4.69) is 9.88 Å². The van der Waals surface area contributed by atoms with E-state index in [0.717, 1.165) is 50.8 Å². The summed E-state index contributed by atoms with van der Waals surface area (Å²) >= 11 is 6.57. The Morgan fingerprint density at radius 3 is 2.27 bits per heavy atom. The largest absolute Gasteiger partial charge is 0.492 e. The predicted molar refractivity (Wildman–Crippen MR) is 235 cm³/mol. The predicted octanol–water partition coefficient (Wildman–Crippen LogP) is 4.78. The van der Waals surface area contributed by atoms with Gasteiger partial charge in [0.2, 0.25) is 0 Å². The van der Waals surface area contributed by atoms with Crippen LogP contribution in [0.5, 0.6) is 11.5 Å². The third kappa shape index (κ3) is 10.9. The minimum Gasteiger partial charge on any atom is -0.492 e. The normalized spacial score (nSPS) is 16.4. The van der Waals surface area contributed by atoms with Crippen LogP contribution in [0.25, 0.3) is 21.7 Å². The molecule has 3 aliphatic rings. The molecule has 1 atom stereocenters. The number of nitrogens with one attached hydrogen (secondary N) is 1. The fraction of sp³-hybridized carbons (Fsp3) is 0.444. The van der Waals surface area contributed by atoms with E-state index >= 15 is 0 Å². The van der Waals surface area contributed by atoms with Crippen LogP contribution in [0.4, 0.5) is 15.3 Å². The Morgan fingerprint density at radius 2 is 1.56 bits per heavy atom. The number of aromatic nitrogens is 1. The summed E-state index contributed by atoms with van der Waals surface area (Å²) in [6, 6.07) is 15.0. The lowest BCUT2D eigenvalue weighted by molar-refractivity contribution is -0.137. The number of piperazine rings is 1. The van der Waals surface area contributed by atoms with E-state index in [1.165, 1.54) is 17.1 Å². The number of hydrogen-bond acceptors (Lipinski definition) is 12. The van der Waals surface area contributed by atoms with Gasteiger partial charge in [-0.3, -0.25) is 19.3 Å². The van der Waals surface area contributed by atoms with E-state index in [4.69, 9.17) is 40.0 Å². The number of carbonyl (C=O) groups excluding carboxylic acids is 5. The number of imide groups is 1. The Morgan fingerprint density at radius 1 is 0.857 bits per heavy atom. The molecule has 1 aromatic heterocycles. The van der Waals surface area contributed by atoms with Crippen LogP contribution in [0.15, 0.2) is 60.7 Å². The number of fused-ring (bicyclic) bond motifs is 4. The lowest BCUT2D eigenvalue weighted by Crippen LogP contribution is -2.48. The molecule has 17 nitrogen and oxygen atoms in total. The number of H-pyrrole nitrogens is 1. The monoisotopic (exact) mass is 888 g/mol. The van der Waals surface area contributed by atoms with Crippen LogP contribution in [-0.4, -0.2) is 173 Å². The summed E-state index contributed by atoms with van der Waals surface area (Å²) in [6.45, 7) is 7.48. The molecule has 4 heterocycles. The van der Waals surface area contributed by atoms with Gasteiger partial charge in [0.15, 0.2) is 0 Å². The van der Waals surface area contributed by atoms with Crippen LogP contribution in [0.2, 0.25) is 0 Å². The molecule has 1 N–H and O–H groups in total. The van der Waals surface area contributed by atoms with Gasteiger partial charge in [-0.2, -0.15) is 0 Å². The first-order valence-electron chi connectivity index (χ1n) is 21.0. The van der Waals surface area contributed by atoms with Crippen LogP contribution in [0.1, 0.15) is 27.5 Å². The number of amides is 5. The van der Waals surface area contributed by atoms with Crippen LogP contribution in [-0.2, 0) is 28.5 Å².